The average molecular weight is 503 g/mol. The van der Waals surface area contributed by atoms with Crippen molar-refractivity contribution in [1.29, 1.82) is 0 Å². The van der Waals surface area contributed by atoms with Crippen LogP contribution in [0.1, 0.15) is 36.0 Å². The van der Waals surface area contributed by atoms with Crippen molar-refractivity contribution in [2.75, 3.05) is 19.7 Å². The minimum absolute atomic E-state index is 0.0813. The molecular formula is C30H34N2O5. The third-order valence-electron chi connectivity index (χ3n) is 6.88. The van der Waals surface area contributed by atoms with Crippen molar-refractivity contribution in [2.24, 2.45) is 0 Å². The highest BCUT2D eigenvalue weighted by Crippen LogP contribution is 2.31. The first kappa shape index (κ1) is 26.5. The SMILES string of the molecule is O=C(CCN1CCCC(O)C1COC(=O)C(O)(c1ccccc1)c1ccccc1)NCc1ccccc1. The summed E-state index contributed by atoms with van der Waals surface area (Å²) < 4.78 is 5.68. The van der Waals surface area contributed by atoms with E-state index in [9.17, 15) is 19.8 Å². The number of ether oxygens (including phenoxy) is 1. The van der Waals surface area contributed by atoms with E-state index in [0.29, 0.717) is 37.2 Å². The van der Waals surface area contributed by atoms with Gasteiger partial charge in [0.1, 0.15) is 6.61 Å². The van der Waals surface area contributed by atoms with E-state index in [2.05, 4.69) is 5.32 Å². The van der Waals surface area contributed by atoms with Gasteiger partial charge >= 0.3 is 5.97 Å². The van der Waals surface area contributed by atoms with Crippen molar-refractivity contribution < 1.29 is 24.5 Å². The first-order chi connectivity index (χ1) is 18.0. The van der Waals surface area contributed by atoms with Crippen molar-refractivity contribution in [1.82, 2.24) is 10.2 Å². The normalized spacial score (nSPS) is 18.2. The van der Waals surface area contributed by atoms with Crippen LogP contribution in [0.4, 0.5) is 0 Å². The molecule has 7 nitrogen and oxygen atoms in total. The molecule has 0 aromatic heterocycles. The molecule has 37 heavy (non-hydrogen) atoms. The fourth-order valence-electron chi connectivity index (χ4n) is 4.76. The second-order valence-corrected chi connectivity index (χ2v) is 9.37. The van der Waals surface area contributed by atoms with Gasteiger partial charge < -0.3 is 20.3 Å². The summed E-state index contributed by atoms with van der Waals surface area (Å²) in [6, 6.07) is 26.6. The van der Waals surface area contributed by atoms with Crippen molar-refractivity contribution >= 4 is 11.9 Å². The number of benzene rings is 3. The van der Waals surface area contributed by atoms with Gasteiger partial charge in [0.05, 0.1) is 12.1 Å². The van der Waals surface area contributed by atoms with Gasteiger partial charge in [0.25, 0.3) is 0 Å². The molecule has 3 aromatic rings. The summed E-state index contributed by atoms with van der Waals surface area (Å²) in [5, 5.41) is 25.2. The summed E-state index contributed by atoms with van der Waals surface area (Å²) in [4.78, 5) is 27.8. The first-order valence-electron chi connectivity index (χ1n) is 12.7. The van der Waals surface area contributed by atoms with Gasteiger partial charge in [0.2, 0.25) is 11.5 Å². The number of rotatable bonds is 10. The number of piperidine rings is 1. The van der Waals surface area contributed by atoms with Gasteiger partial charge in [-0.2, -0.15) is 0 Å². The Kier molecular flexibility index (Phi) is 9.06. The van der Waals surface area contributed by atoms with Crippen LogP contribution in [-0.4, -0.2) is 58.8 Å². The molecule has 1 saturated heterocycles. The Bertz CT molecular complexity index is 1100. The number of amides is 1. The molecule has 0 spiro atoms. The van der Waals surface area contributed by atoms with Crippen LogP contribution in [0.2, 0.25) is 0 Å². The quantitative estimate of drug-likeness (QED) is 0.369. The zero-order chi connectivity index (χ0) is 26.1. The molecule has 0 aliphatic carbocycles. The number of hydrogen-bond acceptors (Lipinski definition) is 6. The smallest absolute Gasteiger partial charge is 0.347 e. The highest BCUT2D eigenvalue weighted by molar-refractivity contribution is 5.85. The molecule has 2 unspecified atom stereocenters. The largest absolute Gasteiger partial charge is 0.461 e. The van der Waals surface area contributed by atoms with Crippen LogP contribution >= 0.6 is 0 Å². The standard InChI is InChI=1S/C30H34N2O5/c33-27-17-10-19-32(20-18-28(34)31-21-23-11-4-1-5-12-23)26(27)22-37-29(35)30(36,24-13-6-2-7-14-24)25-15-8-3-9-16-25/h1-9,11-16,26-27,33,36H,10,17-22H2,(H,31,34). The summed E-state index contributed by atoms with van der Waals surface area (Å²) in [7, 11) is 0. The predicted octanol–water partition coefficient (Wildman–Crippen LogP) is 3.00. The van der Waals surface area contributed by atoms with Gasteiger partial charge in [-0.25, -0.2) is 4.79 Å². The summed E-state index contributed by atoms with van der Waals surface area (Å²) in [5.74, 6) is -0.884. The summed E-state index contributed by atoms with van der Waals surface area (Å²) in [5.41, 5.74) is -0.146. The third kappa shape index (κ3) is 6.63. The Morgan fingerprint density at radius 2 is 1.49 bits per heavy atom. The Morgan fingerprint density at radius 3 is 2.08 bits per heavy atom. The number of nitrogens with zero attached hydrogens (tertiary/aromatic N) is 1. The summed E-state index contributed by atoms with van der Waals surface area (Å²) >= 11 is 0. The number of esters is 1. The summed E-state index contributed by atoms with van der Waals surface area (Å²) in [6.45, 7) is 1.49. The van der Waals surface area contributed by atoms with Crippen molar-refractivity contribution in [2.45, 2.75) is 43.6 Å². The lowest BCUT2D eigenvalue weighted by Gasteiger charge is -2.39. The Hall–Kier alpha value is -3.52. The lowest BCUT2D eigenvalue weighted by molar-refractivity contribution is -0.166. The average Bonchev–Trinajstić information content (AvgIpc) is 2.95. The Morgan fingerprint density at radius 1 is 0.919 bits per heavy atom. The lowest BCUT2D eigenvalue weighted by atomic mass is 9.86. The van der Waals surface area contributed by atoms with Crippen LogP contribution < -0.4 is 5.32 Å². The second-order valence-electron chi connectivity index (χ2n) is 9.37. The maximum absolute atomic E-state index is 13.4. The highest BCUT2D eigenvalue weighted by atomic mass is 16.6. The molecule has 3 aromatic carbocycles. The molecule has 1 heterocycles. The molecule has 1 aliphatic rings. The lowest BCUT2D eigenvalue weighted by Crippen LogP contribution is -2.52. The van der Waals surface area contributed by atoms with Gasteiger partial charge in [-0.1, -0.05) is 91.0 Å². The zero-order valence-electron chi connectivity index (χ0n) is 20.8. The topological polar surface area (TPSA) is 99.1 Å². The molecule has 2 atom stereocenters. The van der Waals surface area contributed by atoms with Crippen molar-refractivity contribution in [3.8, 4) is 0 Å². The number of aliphatic hydroxyl groups excluding tert-OH is 1. The Labute approximate surface area is 217 Å². The van der Waals surface area contributed by atoms with Crippen LogP contribution in [0, 0.1) is 0 Å². The van der Waals surface area contributed by atoms with E-state index in [1.807, 2.05) is 47.4 Å². The molecular weight excluding hydrogens is 468 g/mol. The molecule has 1 aliphatic heterocycles. The van der Waals surface area contributed by atoms with E-state index in [4.69, 9.17) is 4.74 Å². The van der Waals surface area contributed by atoms with Gasteiger partial charge in [-0.3, -0.25) is 9.69 Å². The molecule has 1 fully saturated rings. The molecule has 3 N–H and O–H groups in total. The predicted molar refractivity (Wildman–Crippen MR) is 140 cm³/mol. The maximum Gasteiger partial charge on any atom is 0.347 e. The minimum Gasteiger partial charge on any atom is -0.461 e. The van der Waals surface area contributed by atoms with Crippen LogP contribution in [0.15, 0.2) is 91.0 Å². The monoisotopic (exact) mass is 502 g/mol. The van der Waals surface area contributed by atoms with Crippen LogP contribution in [0.25, 0.3) is 0 Å². The van der Waals surface area contributed by atoms with E-state index in [0.717, 1.165) is 12.0 Å². The van der Waals surface area contributed by atoms with E-state index < -0.39 is 23.7 Å². The fraction of sp³-hybridized carbons (Fsp3) is 0.333. The maximum atomic E-state index is 13.4. The molecule has 7 heteroatoms. The van der Waals surface area contributed by atoms with Crippen LogP contribution in [0.3, 0.4) is 0 Å². The molecule has 1 amide bonds. The van der Waals surface area contributed by atoms with Crippen LogP contribution in [0.5, 0.6) is 0 Å². The van der Waals surface area contributed by atoms with E-state index in [1.54, 1.807) is 48.5 Å². The molecule has 0 radical (unpaired) electrons. The molecule has 194 valence electrons. The third-order valence-corrected chi connectivity index (χ3v) is 6.88. The highest BCUT2D eigenvalue weighted by Gasteiger charge is 2.42. The molecule has 0 bridgehead atoms. The number of carbonyl (C=O) groups excluding carboxylic acids is 2. The second kappa shape index (κ2) is 12.6. The number of hydrogen-bond donors (Lipinski definition) is 3. The zero-order valence-corrected chi connectivity index (χ0v) is 20.8. The summed E-state index contributed by atoms with van der Waals surface area (Å²) in [6.07, 6.45) is 0.938. The Balaban J connectivity index is 1.39. The van der Waals surface area contributed by atoms with Gasteiger partial charge in [-0.15, -0.1) is 0 Å². The number of carbonyl (C=O) groups is 2. The molecule has 0 saturated carbocycles. The minimum atomic E-state index is -1.98. The van der Waals surface area contributed by atoms with Gasteiger partial charge in [0.15, 0.2) is 0 Å². The van der Waals surface area contributed by atoms with Crippen molar-refractivity contribution in [3.63, 3.8) is 0 Å². The van der Waals surface area contributed by atoms with E-state index in [1.165, 1.54) is 0 Å². The van der Waals surface area contributed by atoms with Crippen LogP contribution in [-0.2, 0) is 26.5 Å². The number of likely N-dealkylation sites (tertiary alicyclic amines) is 1. The first-order valence-corrected chi connectivity index (χ1v) is 12.7. The van der Waals surface area contributed by atoms with E-state index in [-0.39, 0.29) is 18.9 Å². The number of nitrogens with one attached hydrogen (secondary N) is 1. The fourth-order valence-corrected chi connectivity index (χ4v) is 4.76. The van der Waals surface area contributed by atoms with Gasteiger partial charge in [0, 0.05) is 19.5 Å². The van der Waals surface area contributed by atoms with Crippen molar-refractivity contribution in [3.05, 3.63) is 108 Å². The molecule has 4 rings (SSSR count). The van der Waals surface area contributed by atoms with Gasteiger partial charge in [-0.05, 0) is 36.1 Å². The van der Waals surface area contributed by atoms with E-state index >= 15 is 0 Å². The number of aliphatic hydroxyl groups is 2.